The van der Waals surface area contributed by atoms with Gasteiger partial charge in [-0.3, -0.25) is 4.57 Å². The van der Waals surface area contributed by atoms with Gasteiger partial charge in [0.1, 0.15) is 0 Å². The fourth-order valence-electron chi connectivity index (χ4n) is 0.844. The number of rotatable bonds is 10. The molecule has 2 atom stereocenters. The molecule has 0 aromatic rings. The number of nitrogens with one attached hydrogen (secondary N) is 2. The SMILES string of the molecule is CC(CNCl)CO[PH](=O)OCC(C)CNCl. The van der Waals surface area contributed by atoms with Crippen molar-refractivity contribution in [3.63, 3.8) is 0 Å². The summed E-state index contributed by atoms with van der Waals surface area (Å²) in [5, 5.41) is 0. The lowest BCUT2D eigenvalue weighted by Crippen LogP contribution is -2.17. The molecule has 5 nitrogen and oxygen atoms in total. The average molecular weight is 293 g/mol. The molecule has 0 spiro atoms. The molecule has 0 saturated carbocycles. The Morgan fingerprint density at radius 3 is 1.75 bits per heavy atom. The lowest BCUT2D eigenvalue weighted by Gasteiger charge is -2.12. The van der Waals surface area contributed by atoms with E-state index in [2.05, 4.69) is 9.67 Å². The van der Waals surface area contributed by atoms with Gasteiger partial charge in [-0.2, -0.15) is 0 Å². The fourth-order valence-corrected chi connectivity index (χ4v) is 2.29. The van der Waals surface area contributed by atoms with Crippen LogP contribution in [-0.2, 0) is 13.6 Å². The Balaban J connectivity index is 3.51. The van der Waals surface area contributed by atoms with Crippen molar-refractivity contribution in [2.24, 2.45) is 11.8 Å². The molecule has 0 rings (SSSR count). The first-order valence-corrected chi connectivity index (χ1v) is 7.04. The summed E-state index contributed by atoms with van der Waals surface area (Å²) >= 11 is 10.6. The van der Waals surface area contributed by atoms with E-state index in [4.69, 9.17) is 32.6 Å². The molecule has 0 aliphatic carbocycles. The molecule has 2 unspecified atom stereocenters. The molecule has 98 valence electrons. The van der Waals surface area contributed by atoms with Crippen molar-refractivity contribution in [3.05, 3.63) is 0 Å². The summed E-state index contributed by atoms with van der Waals surface area (Å²) < 4.78 is 21.4. The molecule has 0 amide bonds. The highest BCUT2D eigenvalue weighted by Crippen LogP contribution is 2.25. The van der Waals surface area contributed by atoms with Crippen LogP contribution >= 0.6 is 31.8 Å². The summed E-state index contributed by atoms with van der Waals surface area (Å²) in [6, 6.07) is 0. The highest BCUT2D eigenvalue weighted by molar-refractivity contribution is 7.33. The van der Waals surface area contributed by atoms with Gasteiger partial charge in [0.15, 0.2) is 0 Å². The minimum atomic E-state index is -2.41. The summed E-state index contributed by atoms with van der Waals surface area (Å²) in [5.74, 6) is 0.383. The minimum Gasteiger partial charge on any atom is -0.310 e. The van der Waals surface area contributed by atoms with Crippen LogP contribution in [0.5, 0.6) is 0 Å². The third-order valence-corrected chi connectivity index (χ3v) is 2.94. The zero-order valence-corrected chi connectivity index (χ0v) is 12.0. The van der Waals surface area contributed by atoms with Gasteiger partial charge in [0.25, 0.3) is 0 Å². The first-order chi connectivity index (χ1) is 7.60. The molecular weight excluding hydrogens is 274 g/mol. The molecule has 8 heteroatoms. The normalized spacial score (nSPS) is 17.0. The number of hydrogen-bond donors (Lipinski definition) is 2. The number of hydrogen-bond acceptors (Lipinski definition) is 5. The second kappa shape index (κ2) is 10.8. The molecule has 2 N–H and O–H groups in total. The summed E-state index contributed by atoms with van der Waals surface area (Å²) in [4.78, 5) is 4.99. The Kier molecular flexibility index (Phi) is 11.2. The zero-order valence-electron chi connectivity index (χ0n) is 9.46. The fraction of sp³-hybridized carbons (Fsp3) is 1.00. The smallest absolute Gasteiger partial charge is 0.310 e. The standard InChI is InChI=1S/C8H19Cl2N2O3P/c1-7(3-11-9)5-14-16(13)15-6-8(2)4-12-10/h7-8,11-12,16H,3-6H2,1-2H3. The Morgan fingerprint density at radius 1 is 1.06 bits per heavy atom. The molecule has 0 heterocycles. The van der Waals surface area contributed by atoms with E-state index in [1.807, 2.05) is 13.8 Å². The van der Waals surface area contributed by atoms with Gasteiger partial charge in [-0.25, -0.2) is 9.67 Å². The van der Waals surface area contributed by atoms with Crippen LogP contribution < -0.4 is 9.67 Å². The molecule has 0 aliphatic heterocycles. The second-order valence-electron chi connectivity index (χ2n) is 3.76. The van der Waals surface area contributed by atoms with Crippen molar-refractivity contribution < 1.29 is 13.6 Å². The summed E-state index contributed by atoms with van der Waals surface area (Å²) in [6.45, 7) is 5.79. The van der Waals surface area contributed by atoms with E-state index in [1.54, 1.807) is 0 Å². The summed E-state index contributed by atoms with van der Waals surface area (Å²) in [5.41, 5.74) is 0. The van der Waals surface area contributed by atoms with Gasteiger partial charge in [-0.1, -0.05) is 13.8 Å². The van der Waals surface area contributed by atoms with Crippen LogP contribution in [-0.4, -0.2) is 26.3 Å². The average Bonchev–Trinajstić information content (AvgIpc) is 2.24. The molecule has 0 aliphatic rings. The van der Waals surface area contributed by atoms with E-state index in [0.717, 1.165) is 0 Å². The Bertz CT molecular complexity index is 182. The molecule has 16 heavy (non-hydrogen) atoms. The molecule has 0 aromatic carbocycles. The summed E-state index contributed by atoms with van der Waals surface area (Å²) in [6.07, 6.45) is 0. The zero-order chi connectivity index (χ0) is 12.4. The second-order valence-corrected chi connectivity index (χ2v) is 5.37. The third kappa shape index (κ3) is 9.85. The van der Waals surface area contributed by atoms with Crippen molar-refractivity contribution in [1.29, 1.82) is 0 Å². The van der Waals surface area contributed by atoms with Crippen molar-refractivity contribution in [2.45, 2.75) is 13.8 Å². The van der Waals surface area contributed by atoms with E-state index in [0.29, 0.717) is 26.3 Å². The van der Waals surface area contributed by atoms with E-state index in [-0.39, 0.29) is 11.8 Å². The van der Waals surface area contributed by atoms with Gasteiger partial charge >= 0.3 is 8.25 Å². The van der Waals surface area contributed by atoms with E-state index >= 15 is 0 Å². The molecule has 0 radical (unpaired) electrons. The van der Waals surface area contributed by atoms with Gasteiger partial charge < -0.3 is 9.05 Å². The molecule has 0 aromatic heterocycles. The monoisotopic (exact) mass is 292 g/mol. The van der Waals surface area contributed by atoms with Crippen molar-refractivity contribution in [3.8, 4) is 0 Å². The van der Waals surface area contributed by atoms with Crippen molar-refractivity contribution in [1.82, 2.24) is 9.67 Å². The summed E-state index contributed by atoms with van der Waals surface area (Å²) in [7, 11) is -2.41. The maximum atomic E-state index is 11.3. The van der Waals surface area contributed by atoms with Gasteiger partial charge in [-0.05, 0) is 35.4 Å². The van der Waals surface area contributed by atoms with E-state index < -0.39 is 8.25 Å². The van der Waals surface area contributed by atoms with Crippen LogP contribution in [0.2, 0.25) is 0 Å². The Labute approximate surface area is 107 Å². The predicted octanol–water partition coefficient (Wildman–Crippen LogP) is 2.17. The maximum absolute atomic E-state index is 11.3. The van der Waals surface area contributed by atoms with Gasteiger partial charge in [0, 0.05) is 13.1 Å². The minimum absolute atomic E-state index is 0.192. The topological polar surface area (TPSA) is 59.6 Å². The third-order valence-electron chi connectivity index (χ3n) is 1.82. The number of halogens is 2. The van der Waals surface area contributed by atoms with Crippen LogP contribution in [0.4, 0.5) is 0 Å². The van der Waals surface area contributed by atoms with Gasteiger partial charge in [0.2, 0.25) is 0 Å². The quantitative estimate of drug-likeness (QED) is 0.477. The first-order valence-electron chi connectivity index (χ1n) is 5.06. The van der Waals surface area contributed by atoms with Crippen LogP contribution in [0.3, 0.4) is 0 Å². The lowest BCUT2D eigenvalue weighted by molar-refractivity contribution is 0.186. The van der Waals surface area contributed by atoms with Gasteiger partial charge in [0.05, 0.1) is 13.2 Å². The highest BCUT2D eigenvalue weighted by atomic mass is 35.5. The highest BCUT2D eigenvalue weighted by Gasteiger charge is 2.08. The van der Waals surface area contributed by atoms with Crippen LogP contribution in [0.15, 0.2) is 0 Å². The largest absolute Gasteiger partial charge is 0.319 e. The molecular formula is C8H19Cl2N2O3P. The van der Waals surface area contributed by atoms with Crippen LogP contribution in [0.25, 0.3) is 0 Å². The molecule has 0 bridgehead atoms. The van der Waals surface area contributed by atoms with E-state index in [1.165, 1.54) is 0 Å². The maximum Gasteiger partial charge on any atom is 0.319 e. The van der Waals surface area contributed by atoms with Gasteiger partial charge in [-0.15, -0.1) is 0 Å². The predicted molar refractivity (Wildman–Crippen MR) is 66.9 cm³/mol. The van der Waals surface area contributed by atoms with Crippen LogP contribution in [0, 0.1) is 11.8 Å². The molecule has 0 fully saturated rings. The van der Waals surface area contributed by atoms with Crippen molar-refractivity contribution in [2.75, 3.05) is 26.3 Å². The molecule has 0 saturated heterocycles. The van der Waals surface area contributed by atoms with Crippen molar-refractivity contribution >= 4 is 31.8 Å². The first kappa shape index (κ1) is 16.6. The van der Waals surface area contributed by atoms with E-state index in [9.17, 15) is 4.57 Å². The lowest BCUT2D eigenvalue weighted by atomic mass is 10.2. The Morgan fingerprint density at radius 2 is 1.44 bits per heavy atom. The van der Waals surface area contributed by atoms with Crippen LogP contribution in [0.1, 0.15) is 13.8 Å². The Hall–Kier alpha value is 0.650.